The van der Waals surface area contributed by atoms with E-state index in [2.05, 4.69) is 38.2 Å². The Kier molecular flexibility index (Phi) is 1.88. The molecule has 0 fully saturated rings. The molecule has 0 heteroatoms. The maximum absolute atomic E-state index is 2.22. The van der Waals surface area contributed by atoms with Crippen molar-refractivity contribution in [1.82, 2.24) is 0 Å². The molecule has 0 aromatic heterocycles. The van der Waals surface area contributed by atoms with Crippen molar-refractivity contribution in [2.45, 2.75) is 20.3 Å². The Balaban J connectivity index is 2.78. The van der Waals surface area contributed by atoms with Gasteiger partial charge in [-0.2, -0.15) is 0 Å². The van der Waals surface area contributed by atoms with E-state index in [0.29, 0.717) is 0 Å². The number of hydrogen-bond acceptors (Lipinski definition) is 0. The Bertz CT molecular complexity index is 180. The van der Waals surface area contributed by atoms with Crippen molar-refractivity contribution >= 4 is 0 Å². The molecule has 0 bridgehead atoms. The fourth-order valence-electron chi connectivity index (χ4n) is 0.982. The lowest BCUT2D eigenvalue weighted by Crippen LogP contribution is -1.82. The van der Waals surface area contributed by atoms with Crippen molar-refractivity contribution in [3.05, 3.63) is 35.5 Å². The predicted octanol–water partition coefficient (Wildman–Crippen LogP) is 2.84. The summed E-state index contributed by atoms with van der Waals surface area (Å²) in [5, 5.41) is 0. The average molecular weight is 120 g/mol. The molecule has 1 rings (SSSR count). The van der Waals surface area contributed by atoms with Crippen molar-refractivity contribution in [1.29, 1.82) is 0 Å². The summed E-state index contributed by atoms with van der Waals surface area (Å²) in [5.74, 6) is 0. The summed E-state index contributed by atoms with van der Waals surface area (Å²) in [6.45, 7) is 4.21. The Hall–Kier alpha value is -0.780. The Labute approximate surface area is 56.6 Å². The summed E-state index contributed by atoms with van der Waals surface area (Å²) in [5.41, 5.74) is 2.78. The highest BCUT2D eigenvalue weighted by Gasteiger charge is 1.93. The van der Waals surface area contributed by atoms with Crippen LogP contribution < -0.4 is 0 Å². The van der Waals surface area contributed by atoms with Crippen LogP contribution in [0.3, 0.4) is 0 Å². The van der Waals surface area contributed by atoms with E-state index in [0.717, 1.165) is 6.42 Å². The van der Waals surface area contributed by atoms with Crippen molar-refractivity contribution in [3.63, 3.8) is 0 Å². The van der Waals surface area contributed by atoms with Crippen molar-refractivity contribution in [3.8, 4) is 0 Å². The maximum atomic E-state index is 2.22. The summed E-state index contributed by atoms with van der Waals surface area (Å²) >= 11 is 0. The molecule has 48 valence electrons. The van der Waals surface area contributed by atoms with Crippen LogP contribution in [0.25, 0.3) is 0 Å². The van der Waals surface area contributed by atoms with E-state index < -0.39 is 0 Å². The normalized spacial score (nSPS) is 22.4. The summed E-state index contributed by atoms with van der Waals surface area (Å²) in [7, 11) is 0. The van der Waals surface area contributed by atoms with Crippen LogP contribution in [0.1, 0.15) is 20.3 Å². The molecule has 0 amide bonds. The molecule has 1 aliphatic carbocycles. The van der Waals surface area contributed by atoms with Crippen LogP contribution >= 0.6 is 0 Å². The minimum absolute atomic E-state index is 1.10. The van der Waals surface area contributed by atoms with Crippen LogP contribution in [0.15, 0.2) is 35.5 Å². The van der Waals surface area contributed by atoms with E-state index in [1.54, 1.807) is 0 Å². The van der Waals surface area contributed by atoms with Gasteiger partial charge in [-0.15, -0.1) is 0 Å². The van der Waals surface area contributed by atoms with Crippen LogP contribution in [0.4, 0.5) is 0 Å². The highest BCUT2D eigenvalue weighted by molar-refractivity contribution is 5.34. The van der Waals surface area contributed by atoms with Crippen molar-refractivity contribution < 1.29 is 0 Å². The first-order valence-electron chi connectivity index (χ1n) is 3.33. The van der Waals surface area contributed by atoms with Gasteiger partial charge in [0.05, 0.1) is 0 Å². The van der Waals surface area contributed by atoms with Gasteiger partial charge in [0, 0.05) is 0 Å². The molecule has 0 unspecified atom stereocenters. The molecule has 0 radical (unpaired) electrons. The Morgan fingerprint density at radius 2 is 2.33 bits per heavy atom. The maximum Gasteiger partial charge on any atom is -0.00974 e. The van der Waals surface area contributed by atoms with E-state index in [-0.39, 0.29) is 0 Å². The van der Waals surface area contributed by atoms with Crippen molar-refractivity contribution in [2.75, 3.05) is 0 Å². The lowest BCUT2D eigenvalue weighted by molar-refractivity contribution is 1.21. The Morgan fingerprint density at radius 1 is 1.56 bits per heavy atom. The third-order valence-electron chi connectivity index (χ3n) is 1.52. The Morgan fingerprint density at radius 3 is 2.78 bits per heavy atom. The minimum atomic E-state index is 1.10. The van der Waals surface area contributed by atoms with E-state index in [4.69, 9.17) is 0 Å². The molecular weight excluding hydrogens is 108 g/mol. The van der Waals surface area contributed by atoms with Crippen LogP contribution in [-0.4, -0.2) is 0 Å². The SMILES string of the molecule is C/C=C1/C=C(C)C=CC1. The standard InChI is InChI=1S/C9H12/c1-3-9-6-4-5-8(2)7-9/h3-5,7H,6H2,1-2H3/b9-3+. The smallest absolute Gasteiger partial charge is 0.00974 e. The largest absolute Gasteiger partial charge is 0.0841 e. The van der Waals surface area contributed by atoms with Gasteiger partial charge in [0.1, 0.15) is 0 Å². The second-order valence-corrected chi connectivity index (χ2v) is 2.36. The molecule has 0 spiro atoms. The summed E-state index contributed by atoms with van der Waals surface area (Å²) in [4.78, 5) is 0. The second-order valence-electron chi connectivity index (χ2n) is 2.36. The van der Waals surface area contributed by atoms with Crippen LogP contribution in [0.2, 0.25) is 0 Å². The molecule has 0 saturated carbocycles. The second kappa shape index (κ2) is 2.67. The summed E-state index contributed by atoms with van der Waals surface area (Å²) in [6, 6.07) is 0. The number of allylic oxidation sites excluding steroid dienone is 6. The first kappa shape index (κ1) is 6.34. The molecular formula is C9H12. The van der Waals surface area contributed by atoms with Crippen LogP contribution in [0, 0.1) is 0 Å². The van der Waals surface area contributed by atoms with Gasteiger partial charge in [0.25, 0.3) is 0 Å². The topological polar surface area (TPSA) is 0 Å². The predicted molar refractivity (Wildman–Crippen MR) is 41.3 cm³/mol. The molecule has 0 aromatic rings. The molecule has 1 aliphatic rings. The highest BCUT2D eigenvalue weighted by atomic mass is 14.0. The first-order valence-corrected chi connectivity index (χ1v) is 3.33. The number of rotatable bonds is 0. The molecule has 0 saturated heterocycles. The van der Waals surface area contributed by atoms with E-state index in [1.165, 1.54) is 11.1 Å². The first-order chi connectivity index (χ1) is 4.33. The van der Waals surface area contributed by atoms with E-state index >= 15 is 0 Å². The van der Waals surface area contributed by atoms with Crippen LogP contribution in [0.5, 0.6) is 0 Å². The van der Waals surface area contributed by atoms with E-state index in [9.17, 15) is 0 Å². The quantitative estimate of drug-likeness (QED) is 0.461. The van der Waals surface area contributed by atoms with Crippen LogP contribution in [-0.2, 0) is 0 Å². The average Bonchev–Trinajstić information content (AvgIpc) is 1.88. The molecule has 9 heavy (non-hydrogen) atoms. The molecule has 0 atom stereocenters. The van der Waals surface area contributed by atoms with Gasteiger partial charge in [-0.1, -0.05) is 29.9 Å². The molecule has 0 heterocycles. The van der Waals surface area contributed by atoms with Gasteiger partial charge in [-0.25, -0.2) is 0 Å². The van der Waals surface area contributed by atoms with Gasteiger partial charge in [0.2, 0.25) is 0 Å². The summed E-state index contributed by atoms with van der Waals surface area (Å²) < 4.78 is 0. The molecule has 0 N–H and O–H groups in total. The molecule has 0 aliphatic heterocycles. The van der Waals surface area contributed by atoms with Gasteiger partial charge in [0.15, 0.2) is 0 Å². The fourth-order valence-corrected chi connectivity index (χ4v) is 0.982. The lowest BCUT2D eigenvalue weighted by Gasteiger charge is -2.03. The summed E-state index contributed by atoms with van der Waals surface area (Å²) in [6.07, 6.45) is 9.85. The zero-order valence-corrected chi connectivity index (χ0v) is 6.02. The van der Waals surface area contributed by atoms with Crippen molar-refractivity contribution in [2.24, 2.45) is 0 Å². The molecule has 0 aromatic carbocycles. The third-order valence-corrected chi connectivity index (χ3v) is 1.52. The monoisotopic (exact) mass is 120 g/mol. The third kappa shape index (κ3) is 1.56. The lowest BCUT2D eigenvalue weighted by atomic mass is 10.0. The highest BCUT2D eigenvalue weighted by Crippen LogP contribution is 2.14. The minimum Gasteiger partial charge on any atom is -0.0841 e. The molecule has 0 nitrogen and oxygen atoms in total. The van der Waals surface area contributed by atoms with Gasteiger partial charge in [-0.05, 0) is 25.8 Å². The van der Waals surface area contributed by atoms with E-state index in [1.807, 2.05) is 0 Å². The fraction of sp³-hybridized carbons (Fsp3) is 0.333. The van der Waals surface area contributed by atoms with Gasteiger partial charge in [-0.3, -0.25) is 0 Å². The van der Waals surface area contributed by atoms with Gasteiger partial charge < -0.3 is 0 Å². The number of hydrogen-bond donors (Lipinski definition) is 0. The van der Waals surface area contributed by atoms with Gasteiger partial charge >= 0.3 is 0 Å². The zero-order valence-electron chi connectivity index (χ0n) is 6.02. The zero-order chi connectivity index (χ0) is 6.69.